The quantitative estimate of drug-likeness (QED) is 0.405. The SMILES string of the molecule is O=S(=O)(Cc1ccccc1)O[P+](c1ccccc1)(c1ccccc1)c1ccccc1. The normalized spacial score (nSPS) is 11.9. The Balaban J connectivity index is 1.91. The van der Waals surface area contributed by atoms with Crippen molar-refractivity contribution >= 4 is 33.5 Å². The van der Waals surface area contributed by atoms with Crippen LogP contribution in [0.4, 0.5) is 0 Å². The minimum atomic E-state index is -3.89. The Bertz CT molecular complexity index is 1080. The lowest BCUT2D eigenvalue weighted by Crippen LogP contribution is -2.34. The molecule has 0 amide bonds. The minimum Gasteiger partial charge on any atom is -0.196 e. The molecule has 4 aromatic carbocycles. The van der Waals surface area contributed by atoms with Crippen molar-refractivity contribution < 1.29 is 12.4 Å². The molecule has 0 bridgehead atoms. The zero-order chi connectivity index (χ0) is 20.9. The molecule has 4 rings (SSSR count). The summed E-state index contributed by atoms with van der Waals surface area (Å²) in [6, 6.07) is 38.1. The van der Waals surface area contributed by atoms with Crippen LogP contribution in [-0.4, -0.2) is 8.42 Å². The zero-order valence-electron chi connectivity index (χ0n) is 16.3. The van der Waals surface area contributed by atoms with Gasteiger partial charge in [-0.1, -0.05) is 88.9 Å². The number of hydrogen-bond donors (Lipinski definition) is 0. The maximum Gasteiger partial charge on any atom is 0.304 e. The van der Waals surface area contributed by atoms with Crippen LogP contribution in [0.5, 0.6) is 0 Å². The van der Waals surface area contributed by atoms with Gasteiger partial charge in [-0.3, -0.25) is 0 Å². The van der Waals surface area contributed by atoms with Crippen molar-refractivity contribution in [3.63, 3.8) is 0 Å². The van der Waals surface area contributed by atoms with Gasteiger partial charge in [0.25, 0.3) is 7.49 Å². The molecule has 5 heteroatoms. The molecule has 0 unspecified atom stereocenters. The standard InChI is InChI=1S/C25H22O3PS/c26-30(27,21-22-13-5-1-6-14-22)28-29(23-15-7-2-8-16-23,24-17-9-3-10-18-24)25-19-11-4-12-20-25/h1-20H,21H2/q+1. The van der Waals surface area contributed by atoms with Crippen molar-refractivity contribution in [2.24, 2.45) is 0 Å². The molecule has 0 aliphatic rings. The van der Waals surface area contributed by atoms with Crippen LogP contribution >= 0.6 is 7.49 Å². The lowest BCUT2D eigenvalue weighted by molar-refractivity contribution is 0.508. The lowest BCUT2D eigenvalue weighted by atomic mass is 10.2. The summed E-state index contributed by atoms with van der Waals surface area (Å²) in [5.74, 6) is -0.178. The Morgan fingerprint density at radius 3 is 1.23 bits per heavy atom. The van der Waals surface area contributed by atoms with Gasteiger partial charge in [0.2, 0.25) is 0 Å². The second-order valence-electron chi connectivity index (χ2n) is 6.88. The molecule has 0 saturated heterocycles. The molecule has 0 aromatic heterocycles. The first-order valence-corrected chi connectivity index (χ1v) is 12.9. The van der Waals surface area contributed by atoms with Crippen LogP contribution in [0.25, 0.3) is 0 Å². The van der Waals surface area contributed by atoms with Gasteiger partial charge >= 0.3 is 10.1 Å². The molecule has 0 N–H and O–H groups in total. The monoisotopic (exact) mass is 433 g/mol. The average molecular weight is 433 g/mol. The summed E-state index contributed by atoms with van der Waals surface area (Å²) in [5.41, 5.74) is 0.699. The molecule has 0 aliphatic carbocycles. The Hall–Kier alpha value is -2.78. The van der Waals surface area contributed by atoms with Gasteiger partial charge in [-0.25, -0.2) is 0 Å². The molecule has 3 nitrogen and oxygen atoms in total. The van der Waals surface area contributed by atoms with Crippen LogP contribution < -0.4 is 15.9 Å². The Kier molecular flexibility index (Phi) is 6.10. The highest BCUT2D eigenvalue weighted by Crippen LogP contribution is 2.58. The van der Waals surface area contributed by atoms with Crippen molar-refractivity contribution in [3.05, 3.63) is 127 Å². The molecular formula is C25H22O3PS+. The fraction of sp³-hybridized carbons (Fsp3) is 0.0400. The second kappa shape index (κ2) is 8.93. The van der Waals surface area contributed by atoms with Gasteiger partial charge in [0.15, 0.2) is 0 Å². The van der Waals surface area contributed by atoms with Crippen molar-refractivity contribution in [1.29, 1.82) is 0 Å². The summed E-state index contributed by atoms with van der Waals surface area (Å²) in [6.07, 6.45) is 0. The molecule has 0 aliphatic heterocycles. The van der Waals surface area contributed by atoms with E-state index in [1.54, 1.807) is 12.1 Å². The molecule has 0 heterocycles. The third-order valence-corrected chi connectivity index (χ3v) is 10.3. The van der Waals surface area contributed by atoms with Gasteiger partial charge < -0.3 is 0 Å². The molecule has 0 spiro atoms. The van der Waals surface area contributed by atoms with Gasteiger partial charge in [-0.15, -0.1) is 0 Å². The van der Waals surface area contributed by atoms with E-state index in [1.165, 1.54) is 0 Å². The van der Waals surface area contributed by atoms with Crippen LogP contribution in [0, 0.1) is 0 Å². The van der Waals surface area contributed by atoms with Crippen LogP contribution in [0.2, 0.25) is 0 Å². The van der Waals surface area contributed by atoms with Crippen molar-refractivity contribution in [2.45, 2.75) is 5.75 Å². The van der Waals surface area contributed by atoms with E-state index < -0.39 is 17.6 Å². The maximum absolute atomic E-state index is 13.3. The Morgan fingerprint density at radius 1 is 0.533 bits per heavy atom. The topological polar surface area (TPSA) is 43.4 Å². The molecule has 0 saturated carbocycles. The molecule has 30 heavy (non-hydrogen) atoms. The summed E-state index contributed by atoms with van der Waals surface area (Å²) in [7, 11) is -6.79. The van der Waals surface area contributed by atoms with Crippen LogP contribution in [0.1, 0.15) is 5.56 Å². The highest BCUT2D eigenvalue weighted by Gasteiger charge is 2.52. The third-order valence-electron chi connectivity index (χ3n) is 4.77. The first-order chi connectivity index (χ1) is 14.6. The Morgan fingerprint density at radius 2 is 0.867 bits per heavy atom. The summed E-state index contributed by atoms with van der Waals surface area (Å²) in [6.45, 7) is 0. The molecule has 0 atom stereocenters. The van der Waals surface area contributed by atoms with Gasteiger partial charge in [-0.05, 0) is 42.0 Å². The van der Waals surface area contributed by atoms with Gasteiger partial charge in [0.05, 0.1) is 0 Å². The van der Waals surface area contributed by atoms with E-state index in [0.29, 0.717) is 5.56 Å². The molecule has 0 radical (unpaired) electrons. The Labute approximate surface area is 178 Å². The van der Waals surface area contributed by atoms with Gasteiger partial charge in [0.1, 0.15) is 21.7 Å². The molecule has 4 aromatic rings. The van der Waals surface area contributed by atoms with E-state index in [1.807, 2.05) is 109 Å². The van der Waals surface area contributed by atoms with Gasteiger partial charge in [-0.2, -0.15) is 8.42 Å². The van der Waals surface area contributed by atoms with Crippen molar-refractivity contribution in [2.75, 3.05) is 0 Å². The number of hydrogen-bond acceptors (Lipinski definition) is 3. The summed E-state index contributed by atoms with van der Waals surface area (Å²) >= 11 is 0. The third kappa shape index (κ3) is 4.36. The van der Waals surface area contributed by atoms with E-state index in [-0.39, 0.29) is 5.75 Å². The van der Waals surface area contributed by atoms with Gasteiger partial charge in [0, 0.05) is 0 Å². The minimum absolute atomic E-state index is 0.178. The maximum atomic E-state index is 13.3. The first kappa shape index (κ1) is 20.5. The van der Waals surface area contributed by atoms with E-state index in [9.17, 15) is 8.42 Å². The summed E-state index contributed by atoms with van der Waals surface area (Å²) in [5, 5.41) is 2.58. The summed E-state index contributed by atoms with van der Waals surface area (Å²) in [4.78, 5) is 0. The predicted octanol–water partition coefficient (Wildman–Crippen LogP) is 4.44. The fourth-order valence-electron chi connectivity index (χ4n) is 3.47. The first-order valence-electron chi connectivity index (χ1n) is 9.64. The molecule has 0 fully saturated rings. The zero-order valence-corrected chi connectivity index (χ0v) is 18.0. The number of benzene rings is 4. The highest BCUT2D eigenvalue weighted by atomic mass is 32.2. The highest BCUT2D eigenvalue weighted by molar-refractivity contribution is 8.01. The van der Waals surface area contributed by atoms with E-state index >= 15 is 0 Å². The van der Waals surface area contributed by atoms with E-state index in [0.717, 1.165) is 15.9 Å². The summed E-state index contributed by atoms with van der Waals surface area (Å²) < 4.78 is 33.0. The fourth-order valence-corrected chi connectivity index (χ4v) is 9.34. The lowest BCUT2D eigenvalue weighted by Gasteiger charge is -2.24. The van der Waals surface area contributed by atoms with Crippen LogP contribution in [0.3, 0.4) is 0 Å². The largest absolute Gasteiger partial charge is 0.304 e. The smallest absolute Gasteiger partial charge is 0.196 e. The molecular weight excluding hydrogens is 411 g/mol. The molecule has 150 valence electrons. The van der Waals surface area contributed by atoms with Crippen LogP contribution in [0.15, 0.2) is 121 Å². The van der Waals surface area contributed by atoms with Crippen LogP contribution in [-0.2, 0) is 19.8 Å². The van der Waals surface area contributed by atoms with Crippen molar-refractivity contribution in [3.8, 4) is 0 Å². The van der Waals surface area contributed by atoms with E-state index in [4.69, 9.17) is 3.97 Å². The van der Waals surface area contributed by atoms with E-state index in [2.05, 4.69) is 0 Å². The predicted molar refractivity (Wildman–Crippen MR) is 125 cm³/mol. The average Bonchev–Trinajstić information content (AvgIpc) is 2.80. The number of rotatable bonds is 7. The second-order valence-corrected chi connectivity index (χ2v) is 11.6. The van der Waals surface area contributed by atoms with Crippen molar-refractivity contribution in [1.82, 2.24) is 0 Å².